The van der Waals surface area contributed by atoms with Crippen LogP contribution in [0.4, 0.5) is 13.2 Å². The number of halogens is 3. The largest absolute Gasteiger partial charge is 0.417 e. The average Bonchev–Trinajstić information content (AvgIpc) is 4.12. The molecule has 0 aliphatic rings. The lowest BCUT2D eigenvalue weighted by molar-refractivity contribution is -0.137. The lowest BCUT2D eigenvalue weighted by atomic mass is 9.94. The molecule has 8 heteroatoms. The molecule has 0 amide bonds. The van der Waals surface area contributed by atoms with Gasteiger partial charge in [0.05, 0.1) is 72.7 Å². The van der Waals surface area contributed by atoms with Gasteiger partial charge in [0.2, 0.25) is 0 Å². The number of nitriles is 1. The van der Waals surface area contributed by atoms with Gasteiger partial charge in [-0.05, 0) is 84.4 Å². The van der Waals surface area contributed by atoms with Crippen LogP contribution in [0.2, 0.25) is 0 Å². The molecule has 0 spiro atoms. The molecular weight excluding hydrogens is 872 g/mol. The van der Waals surface area contributed by atoms with E-state index in [1.807, 2.05) is 84.9 Å². The van der Waals surface area contributed by atoms with Crippen LogP contribution in [0.25, 0.3) is 121 Å². The number of alkyl halides is 3. The number of para-hydroxylation sites is 6. The van der Waals surface area contributed by atoms with E-state index in [4.69, 9.17) is 0 Å². The van der Waals surface area contributed by atoms with Crippen LogP contribution in [0, 0.1) is 11.3 Å². The molecule has 0 radical (unpaired) electrons. The van der Waals surface area contributed by atoms with E-state index in [0.717, 1.165) is 105 Å². The fourth-order valence-electron chi connectivity index (χ4n) is 11.4. The van der Waals surface area contributed by atoms with Crippen molar-refractivity contribution in [3.8, 4) is 39.9 Å². The van der Waals surface area contributed by atoms with E-state index in [-0.39, 0.29) is 5.56 Å². The molecule has 0 saturated heterocycles. The predicted octanol–water partition coefficient (Wildman–Crippen LogP) is 16.6. The zero-order valence-electron chi connectivity index (χ0n) is 37.2. The summed E-state index contributed by atoms with van der Waals surface area (Å²) in [5, 5.41) is 19.2. The minimum Gasteiger partial charge on any atom is -0.309 e. The summed E-state index contributed by atoms with van der Waals surface area (Å²) in [7, 11) is 0. The number of nitrogens with zero attached hydrogens (tertiary/aromatic N) is 5. The first kappa shape index (κ1) is 39.8. The van der Waals surface area contributed by atoms with E-state index in [1.165, 1.54) is 6.07 Å². The third kappa shape index (κ3) is 5.66. The number of benzene rings is 10. The minimum atomic E-state index is -4.71. The van der Waals surface area contributed by atoms with Crippen LogP contribution in [0.5, 0.6) is 0 Å². The highest BCUT2D eigenvalue weighted by Crippen LogP contribution is 2.47. The van der Waals surface area contributed by atoms with Gasteiger partial charge < -0.3 is 18.3 Å². The maximum atomic E-state index is 15.7. The smallest absolute Gasteiger partial charge is 0.309 e. The van der Waals surface area contributed by atoms with Crippen LogP contribution in [0.1, 0.15) is 11.1 Å². The quantitative estimate of drug-likeness (QED) is 0.170. The molecular formula is C62H36F3N5. The van der Waals surface area contributed by atoms with E-state index >= 15 is 13.2 Å². The Morgan fingerprint density at radius 3 is 1.00 bits per heavy atom. The standard InChI is InChI=1S/C62H36F3N5/c63-62(64,65)50-22-8-1-21-49(50)61-59(69-55-27-13-6-19-45(55)47-31-29-39(35-57(47)69)67-51-23-9-2-15-41(51)42-16-3-10-24-52(42)67)33-38(37-66)34-60(61)70-56-28-14-7-20-46(56)48-32-30-40(36-58(48)70)68-53-25-11-4-17-43(53)44-18-5-12-26-54(44)68/h1-36H. The summed E-state index contributed by atoms with van der Waals surface area (Å²) in [6, 6.07) is 73.7. The summed E-state index contributed by atoms with van der Waals surface area (Å²) < 4.78 is 55.7. The van der Waals surface area contributed by atoms with E-state index in [2.05, 4.69) is 121 Å². The van der Waals surface area contributed by atoms with Crippen molar-refractivity contribution in [3.63, 3.8) is 0 Å². The second kappa shape index (κ2) is 14.8. The van der Waals surface area contributed by atoms with Crippen molar-refractivity contribution >= 4 is 87.2 Å². The molecule has 0 aliphatic carbocycles. The summed E-state index contributed by atoms with van der Waals surface area (Å²) in [5.41, 5.74) is 9.81. The first-order valence-corrected chi connectivity index (χ1v) is 23.1. The highest BCUT2D eigenvalue weighted by atomic mass is 19.4. The molecule has 4 aromatic heterocycles. The average molecular weight is 908 g/mol. The Hall–Kier alpha value is -9.32. The van der Waals surface area contributed by atoms with Crippen LogP contribution in [-0.4, -0.2) is 18.3 Å². The topological polar surface area (TPSA) is 43.5 Å². The molecule has 0 aliphatic heterocycles. The summed E-state index contributed by atoms with van der Waals surface area (Å²) in [4.78, 5) is 0. The fourth-order valence-corrected chi connectivity index (χ4v) is 11.4. The molecule has 0 atom stereocenters. The first-order chi connectivity index (χ1) is 34.4. The Morgan fingerprint density at radius 1 is 0.329 bits per heavy atom. The predicted molar refractivity (Wildman–Crippen MR) is 279 cm³/mol. The van der Waals surface area contributed by atoms with Crippen molar-refractivity contribution in [2.24, 2.45) is 0 Å². The van der Waals surface area contributed by atoms with E-state index < -0.39 is 11.7 Å². The van der Waals surface area contributed by atoms with Crippen molar-refractivity contribution in [1.82, 2.24) is 18.3 Å². The van der Waals surface area contributed by atoms with Crippen LogP contribution in [0.3, 0.4) is 0 Å². The highest BCUT2D eigenvalue weighted by Gasteiger charge is 2.36. The van der Waals surface area contributed by atoms with Gasteiger partial charge in [-0.1, -0.05) is 140 Å². The molecule has 0 fully saturated rings. The van der Waals surface area contributed by atoms with Gasteiger partial charge >= 0.3 is 6.18 Å². The lowest BCUT2D eigenvalue weighted by Crippen LogP contribution is -2.11. The number of fused-ring (bicyclic) bond motifs is 12. The Labute approximate surface area is 397 Å². The van der Waals surface area contributed by atoms with Gasteiger partial charge in [0, 0.05) is 60.0 Å². The maximum Gasteiger partial charge on any atom is 0.417 e. The fraction of sp³-hybridized carbons (Fsp3) is 0.0161. The van der Waals surface area contributed by atoms with Gasteiger partial charge in [0.25, 0.3) is 0 Å². The zero-order valence-corrected chi connectivity index (χ0v) is 37.2. The van der Waals surface area contributed by atoms with Gasteiger partial charge in [-0.15, -0.1) is 0 Å². The molecule has 0 saturated carbocycles. The Balaban J connectivity index is 1.13. The SMILES string of the molecule is N#Cc1cc(-n2c3ccccc3c3ccc(-n4c5ccccc5c5ccccc54)cc32)c(-c2ccccc2C(F)(F)F)c(-n2c3ccccc3c3ccc(-n4c5ccccc5c5ccccc54)cc32)c1. The molecule has 10 aromatic carbocycles. The Kier molecular flexibility index (Phi) is 8.44. The van der Waals surface area contributed by atoms with Crippen LogP contribution >= 0.6 is 0 Å². The highest BCUT2D eigenvalue weighted by molar-refractivity contribution is 6.15. The number of aromatic nitrogens is 4. The Morgan fingerprint density at radius 2 is 0.643 bits per heavy atom. The van der Waals surface area contributed by atoms with Crippen molar-refractivity contribution in [3.05, 3.63) is 230 Å². The van der Waals surface area contributed by atoms with Gasteiger partial charge in [0.1, 0.15) is 0 Å². The molecule has 0 bridgehead atoms. The number of hydrogen-bond acceptors (Lipinski definition) is 1. The molecule has 5 nitrogen and oxygen atoms in total. The molecule has 14 aromatic rings. The summed E-state index contributed by atoms with van der Waals surface area (Å²) in [6.07, 6.45) is -4.71. The van der Waals surface area contributed by atoms with Crippen molar-refractivity contribution < 1.29 is 13.2 Å². The van der Waals surface area contributed by atoms with Gasteiger partial charge in [-0.3, -0.25) is 0 Å². The summed E-state index contributed by atoms with van der Waals surface area (Å²) >= 11 is 0. The molecule has 0 unspecified atom stereocenters. The van der Waals surface area contributed by atoms with Gasteiger partial charge in [0.15, 0.2) is 0 Å². The third-order valence-corrected chi connectivity index (χ3v) is 14.2. The monoisotopic (exact) mass is 907 g/mol. The molecule has 0 N–H and O–H groups in total. The van der Waals surface area contributed by atoms with E-state index in [0.29, 0.717) is 22.5 Å². The molecule has 4 heterocycles. The summed E-state index contributed by atoms with van der Waals surface area (Å²) in [6.45, 7) is 0. The van der Waals surface area contributed by atoms with Crippen molar-refractivity contribution in [2.75, 3.05) is 0 Å². The van der Waals surface area contributed by atoms with Crippen LogP contribution in [-0.2, 0) is 6.18 Å². The van der Waals surface area contributed by atoms with Crippen molar-refractivity contribution in [1.29, 1.82) is 5.26 Å². The van der Waals surface area contributed by atoms with Crippen LogP contribution in [0.15, 0.2) is 218 Å². The second-order valence-electron chi connectivity index (χ2n) is 17.9. The summed E-state index contributed by atoms with van der Waals surface area (Å²) in [5.74, 6) is 0. The number of rotatable bonds is 5. The molecule has 70 heavy (non-hydrogen) atoms. The third-order valence-electron chi connectivity index (χ3n) is 14.2. The Bertz CT molecular complexity index is 4190. The van der Waals surface area contributed by atoms with Crippen LogP contribution < -0.4 is 0 Å². The van der Waals surface area contributed by atoms with E-state index in [9.17, 15) is 5.26 Å². The van der Waals surface area contributed by atoms with Gasteiger partial charge in [-0.25, -0.2) is 0 Å². The first-order valence-electron chi connectivity index (χ1n) is 23.1. The lowest BCUT2D eigenvalue weighted by Gasteiger charge is -2.23. The van der Waals surface area contributed by atoms with Crippen molar-refractivity contribution in [2.45, 2.75) is 6.18 Å². The van der Waals surface area contributed by atoms with Gasteiger partial charge in [-0.2, -0.15) is 18.4 Å². The number of hydrogen-bond donors (Lipinski definition) is 0. The molecule has 14 rings (SSSR count). The zero-order chi connectivity index (χ0) is 46.8. The minimum absolute atomic E-state index is 0.00143. The maximum absolute atomic E-state index is 15.7. The molecule has 330 valence electrons. The van der Waals surface area contributed by atoms with E-state index in [1.54, 1.807) is 24.3 Å². The second-order valence-corrected chi connectivity index (χ2v) is 17.9. The normalized spacial score (nSPS) is 12.2.